The fourth-order valence-electron chi connectivity index (χ4n) is 3.96. The molecule has 3 aromatic rings. The maximum atomic E-state index is 13.1. The molecule has 1 amide bonds. The Bertz CT molecular complexity index is 1220. The number of fused-ring (bicyclic) bond motifs is 1. The lowest BCUT2D eigenvalue weighted by Crippen LogP contribution is -2.39. The summed E-state index contributed by atoms with van der Waals surface area (Å²) in [7, 11) is -3.60. The lowest BCUT2D eigenvalue weighted by atomic mass is 10.0. The molecule has 0 spiro atoms. The largest absolute Gasteiger partial charge is 0.451 e. The van der Waals surface area contributed by atoms with Gasteiger partial charge in [-0.25, -0.2) is 12.8 Å². The number of hydrogen-bond donors (Lipinski definition) is 1. The first kappa shape index (κ1) is 21.5. The highest BCUT2D eigenvalue weighted by atomic mass is 32.2. The standard InChI is InChI=1S/C23H25FN2O4S/c1-15-4-3-11-26(14-15)31(28,29)19-9-10-21-20(12-19)16(2)22(30-21)23(27)25-13-17-5-7-18(24)8-6-17/h5-10,12,15H,3-4,11,13-14H2,1-2H3,(H,25,27)/t15-/m1/s1. The predicted octanol–water partition coefficient (Wildman–Crippen LogP) is 4.23. The number of aryl methyl sites for hydroxylation is 1. The van der Waals surface area contributed by atoms with Crippen molar-refractivity contribution in [1.82, 2.24) is 9.62 Å². The number of rotatable bonds is 5. The number of halogens is 1. The number of carbonyl (C=O) groups is 1. The quantitative estimate of drug-likeness (QED) is 0.639. The number of piperidine rings is 1. The molecule has 8 heteroatoms. The molecule has 1 aromatic heterocycles. The highest BCUT2D eigenvalue weighted by Crippen LogP contribution is 2.30. The van der Waals surface area contributed by atoms with E-state index in [0.29, 0.717) is 35.5 Å². The second kappa shape index (κ2) is 8.43. The number of benzene rings is 2. The van der Waals surface area contributed by atoms with Gasteiger partial charge >= 0.3 is 0 Å². The minimum absolute atomic E-state index is 0.137. The zero-order chi connectivity index (χ0) is 22.2. The molecule has 1 atom stereocenters. The summed E-state index contributed by atoms with van der Waals surface area (Å²) < 4.78 is 46.5. The first-order valence-electron chi connectivity index (χ1n) is 10.3. The molecule has 0 aliphatic carbocycles. The van der Waals surface area contributed by atoms with Crippen molar-refractivity contribution in [2.24, 2.45) is 5.92 Å². The average Bonchev–Trinajstić information content (AvgIpc) is 3.09. The molecule has 1 aliphatic heterocycles. The Labute approximate surface area is 181 Å². The van der Waals surface area contributed by atoms with Crippen LogP contribution in [0.4, 0.5) is 4.39 Å². The second-order valence-electron chi connectivity index (χ2n) is 8.13. The molecule has 1 aliphatic rings. The van der Waals surface area contributed by atoms with Gasteiger partial charge in [0.2, 0.25) is 10.0 Å². The van der Waals surface area contributed by atoms with Crippen LogP contribution in [-0.2, 0) is 16.6 Å². The van der Waals surface area contributed by atoms with Gasteiger partial charge in [0.1, 0.15) is 11.4 Å². The van der Waals surface area contributed by atoms with E-state index < -0.39 is 15.9 Å². The Kier molecular flexibility index (Phi) is 5.85. The lowest BCUT2D eigenvalue weighted by Gasteiger charge is -2.30. The van der Waals surface area contributed by atoms with Gasteiger partial charge in [-0.15, -0.1) is 0 Å². The molecule has 0 unspecified atom stereocenters. The molecule has 31 heavy (non-hydrogen) atoms. The highest BCUT2D eigenvalue weighted by molar-refractivity contribution is 7.89. The van der Waals surface area contributed by atoms with Crippen LogP contribution >= 0.6 is 0 Å². The average molecular weight is 445 g/mol. The summed E-state index contributed by atoms with van der Waals surface area (Å²) in [6, 6.07) is 10.6. The minimum atomic E-state index is -3.60. The fourth-order valence-corrected chi connectivity index (χ4v) is 5.58. The Morgan fingerprint density at radius 2 is 1.97 bits per heavy atom. The summed E-state index contributed by atoms with van der Waals surface area (Å²) in [4.78, 5) is 12.8. The summed E-state index contributed by atoms with van der Waals surface area (Å²) >= 11 is 0. The van der Waals surface area contributed by atoms with Crippen molar-refractivity contribution in [3.05, 3.63) is 65.2 Å². The molecular weight excluding hydrogens is 419 g/mol. The van der Waals surface area contributed by atoms with Gasteiger partial charge in [-0.1, -0.05) is 19.1 Å². The third kappa shape index (κ3) is 4.36. The minimum Gasteiger partial charge on any atom is -0.451 e. The predicted molar refractivity (Wildman–Crippen MR) is 116 cm³/mol. The number of furan rings is 1. The SMILES string of the molecule is Cc1c(C(=O)NCc2ccc(F)cc2)oc2ccc(S(=O)(=O)N3CCC[C@@H](C)C3)cc12. The Morgan fingerprint density at radius 3 is 2.68 bits per heavy atom. The number of sulfonamides is 1. The van der Waals surface area contributed by atoms with Crippen molar-refractivity contribution in [3.8, 4) is 0 Å². The Morgan fingerprint density at radius 1 is 1.23 bits per heavy atom. The number of hydrogen-bond acceptors (Lipinski definition) is 4. The van der Waals surface area contributed by atoms with E-state index in [1.54, 1.807) is 31.2 Å². The molecule has 6 nitrogen and oxygen atoms in total. The molecule has 1 fully saturated rings. The van der Waals surface area contributed by atoms with Crippen molar-refractivity contribution in [2.75, 3.05) is 13.1 Å². The van der Waals surface area contributed by atoms with Crippen LogP contribution in [0.15, 0.2) is 51.8 Å². The van der Waals surface area contributed by atoms with Gasteiger partial charge in [0.25, 0.3) is 5.91 Å². The summed E-state index contributed by atoms with van der Waals surface area (Å²) in [6.45, 7) is 5.05. The fraction of sp³-hybridized carbons (Fsp3) is 0.348. The maximum absolute atomic E-state index is 13.1. The summed E-state index contributed by atoms with van der Waals surface area (Å²) in [5.41, 5.74) is 1.79. The van der Waals surface area contributed by atoms with E-state index in [0.717, 1.165) is 18.4 Å². The van der Waals surface area contributed by atoms with E-state index in [1.165, 1.54) is 22.5 Å². The summed E-state index contributed by atoms with van der Waals surface area (Å²) in [5.74, 6) is -0.280. The van der Waals surface area contributed by atoms with Crippen LogP contribution in [-0.4, -0.2) is 31.7 Å². The molecule has 2 heterocycles. The van der Waals surface area contributed by atoms with Crippen LogP contribution in [0, 0.1) is 18.7 Å². The molecule has 0 bridgehead atoms. The van der Waals surface area contributed by atoms with E-state index in [-0.39, 0.29) is 23.0 Å². The monoisotopic (exact) mass is 444 g/mol. The highest BCUT2D eigenvalue weighted by Gasteiger charge is 2.29. The van der Waals surface area contributed by atoms with Crippen molar-refractivity contribution in [2.45, 2.75) is 38.1 Å². The van der Waals surface area contributed by atoms with Gasteiger partial charge in [-0.2, -0.15) is 4.31 Å². The summed E-state index contributed by atoms with van der Waals surface area (Å²) in [5, 5.41) is 3.35. The van der Waals surface area contributed by atoms with Crippen LogP contribution < -0.4 is 5.32 Å². The molecule has 164 valence electrons. The molecule has 1 N–H and O–H groups in total. The third-order valence-corrected chi connectivity index (χ3v) is 7.60. The number of carbonyl (C=O) groups excluding carboxylic acids is 1. The zero-order valence-corrected chi connectivity index (χ0v) is 18.3. The number of nitrogens with one attached hydrogen (secondary N) is 1. The van der Waals surface area contributed by atoms with Gasteiger partial charge in [0.05, 0.1) is 4.90 Å². The molecule has 1 saturated heterocycles. The molecular formula is C23H25FN2O4S. The molecule has 4 rings (SSSR count). The molecule has 0 radical (unpaired) electrons. The van der Waals surface area contributed by atoms with E-state index in [1.807, 2.05) is 0 Å². The first-order chi connectivity index (χ1) is 14.8. The zero-order valence-electron chi connectivity index (χ0n) is 17.5. The van der Waals surface area contributed by atoms with Crippen LogP contribution in [0.1, 0.15) is 41.4 Å². The van der Waals surface area contributed by atoms with Gasteiger partial charge in [0, 0.05) is 30.6 Å². The van der Waals surface area contributed by atoms with Crippen molar-refractivity contribution >= 4 is 26.9 Å². The van der Waals surface area contributed by atoms with Crippen LogP contribution in [0.2, 0.25) is 0 Å². The maximum Gasteiger partial charge on any atom is 0.287 e. The third-order valence-electron chi connectivity index (χ3n) is 5.74. The van der Waals surface area contributed by atoms with Crippen molar-refractivity contribution in [3.63, 3.8) is 0 Å². The molecule has 2 aromatic carbocycles. The normalized spacial score (nSPS) is 17.7. The van der Waals surface area contributed by atoms with Gasteiger partial charge in [0.15, 0.2) is 5.76 Å². The topological polar surface area (TPSA) is 79.6 Å². The molecule has 0 saturated carbocycles. The Balaban J connectivity index is 1.57. The Hall–Kier alpha value is -2.71. The number of nitrogens with zero attached hydrogens (tertiary/aromatic N) is 1. The number of amides is 1. The van der Waals surface area contributed by atoms with Crippen molar-refractivity contribution in [1.29, 1.82) is 0 Å². The van der Waals surface area contributed by atoms with Gasteiger partial charge < -0.3 is 9.73 Å². The van der Waals surface area contributed by atoms with Gasteiger partial charge in [-0.3, -0.25) is 4.79 Å². The van der Waals surface area contributed by atoms with E-state index >= 15 is 0 Å². The van der Waals surface area contributed by atoms with E-state index in [2.05, 4.69) is 12.2 Å². The first-order valence-corrected chi connectivity index (χ1v) is 11.8. The lowest BCUT2D eigenvalue weighted by molar-refractivity contribution is 0.0924. The van der Waals surface area contributed by atoms with Crippen molar-refractivity contribution < 1.29 is 22.0 Å². The van der Waals surface area contributed by atoms with Gasteiger partial charge in [-0.05, 0) is 61.6 Å². The summed E-state index contributed by atoms with van der Waals surface area (Å²) in [6.07, 6.45) is 1.88. The second-order valence-corrected chi connectivity index (χ2v) is 10.1. The van der Waals surface area contributed by atoms with Crippen LogP contribution in [0.3, 0.4) is 0 Å². The smallest absolute Gasteiger partial charge is 0.287 e. The van der Waals surface area contributed by atoms with Crippen LogP contribution in [0.5, 0.6) is 0 Å². The van der Waals surface area contributed by atoms with Crippen LogP contribution in [0.25, 0.3) is 11.0 Å². The van der Waals surface area contributed by atoms with E-state index in [9.17, 15) is 17.6 Å². The van der Waals surface area contributed by atoms with E-state index in [4.69, 9.17) is 4.42 Å².